The molecule has 0 N–H and O–H groups in total. The summed E-state index contributed by atoms with van der Waals surface area (Å²) in [5.74, 6) is 0. The van der Waals surface area contributed by atoms with E-state index in [1.54, 1.807) is 0 Å². The zero-order valence-corrected chi connectivity index (χ0v) is 34.8. The predicted octanol–water partition coefficient (Wildman–Crippen LogP) is 17.5. The van der Waals surface area contributed by atoms with Crippen molar-refractivity contribution in [3.8, 4) is 66.8 Å². The normalized spacial score (nSPS) is 11.2. The van der Waals surface area contributed by atoms with Crippen molar-refractivity contribution in [3.05, 3.63) is 261 Å². The molecule has 0 aliphatic rings. The maximum absolute atomic E-state index is 2.41. The van der Waals surface area contributed by atoms with Crippen molar-refractivity contribution in [1.29, 1.82) is 0 Å². The Balaban J connectivity index is 1.03. The van der Waals surface area contributed by atoms with Gasteiger partial charge < -0.3 is 4.90 Å². The topological polar surface area (TPSA) is 3.24 Å². The molecule has 0 saturated heterocycles. The standard InChI is InChI=1S/C62H43N/c1-2-15-44(16-3-1)46-29-32-49(33-30-46)57-22-8-9-23-58(57)59-24-10-11-25-60(59)61-26-12-13-28-62(61)63(53-39-35-47(36-40-53)52-34-31-45-17-4-5-19-51(45)43-52)54-41-37-50(38-42-54)56-27-14-20-48-18-6-7-21-55(48)56/h1-43H. The molecule has 0 saturated carbocycles. The van der Waals surface area contributed by atoms with Crippen LogP contribution in [0.2, 0.25) is 0 Å². The summed E-state index contributed by atoms with van der Waals surface area (Å²) < 4.78 is 0. The molecule has 0 atom stereocenters. The summed E-state index contributed by atoms with van der Waals surface area (Å²) in [4.78, 5) is 2.41. The third kappa shape index (κ3) is 7.37. The molecular weight excluding hydrogens is 759 g/mol. The highest BCUT2D eigenvalue weighted by Gasteiger charge is 2.21. The SMILES string of the molecule is c1ccc(-c2ccc(-c3ccccc3-c3ccccc3-c3ccccc3N(c3ccc(-c4ccc5ccccc5c4)cc3)c3ccc(-c4cccc5ccccc45)cc3)cc2)cc1. The lowest BCUT2D eigenvalue weighted by Crippen LogP contribution is -2.11. The molecular formula is C62H43N. The van der Waals surface area contributed by atoms with Crippen molar-refractivity contribution in [2.75, 3.05) is 4.90 Å². The lowest BCUT2D eigenvalue weighted by atomic mass is 9.88. The summed E-state index contributed by atoms with van der Waals surface area (Å²) in [7, 11) is 0. The van der Waals surface area contributed by atoms with Gasteiger partial charge in [0.15, 0.2) is 0 Å². The van der Waals surface area contributed by atoms with Gasteiger partial charge in [-0.1, -0.05) is 224 Å². The van der Waals surface area contributed by atoms with Crippen LogP contribution in [-0.2, 0) is 0 Å². The Morgan fingerprint density at radius 1 is 0.206 bits per heavy atom. The van der Waals surface area contributed by atoms with Gasteiger partial charge >= 0.3 is 0 Å². The number of hydrogen-bond acceptors (Lipinski definition) is 1. The van der Waals surface area contributed by atoms with Gasteiger partial charge in [0.2, 0.25) is 0 Å². The molecule has 0 bridgehead atoms. The third-order valence-electron chi connectivity index (χ3n) is 12.3. The van der Waals surface area contributed by atoms with Crippen molar-refractivity contribution in [2.24, 2.45) is 0 Å². The van der Waals surface area contributed by atoms with Gasteiger partial charge in [0.05, 0.1) is 5.69 Å². The molecule has 63 heavy (non-hydrogen) atoms. The van der Waals surface area contributed by atoms with E-state index >= 15 is 0 Å². The van der Waals surface area contributed by atoms with E-state index in [0.717, 1.165) is 22.6 Å². The van der Waals surface area contributed by atoms with Crippen LogP contribution in [0.5, 0.6) is 0 Å². The number of hydrogen-bond donors (Lipinski definition) is 0. The molecule has 0 aromatic heterocycles. The molecule has 296 valence electrons. The summed E-state index contributed by atoms with van der Waals surface area (Å²) in [6.45, 7) is 0. The van der Waals surface area contributed by atoms with Crippen molar-refractivity contribution >= 4 is 38.6 Å². The van der Waals surface area contributed by atoms with Gasteiger partial charge in [0, 0.05) is 16.9 Å². The van der Waals surface area contributed by atoms with E-state index in [-0.39, 0.29) is 0 Å². The first-order chi connectivity index (χ1) is 31.2. The van der Waals surface area contributed by atoms with Gasteiger partial charge in [0.1, 0.15) is 0 Å². The van der Waals surface area contributed by atoms with E-state index in [1.165, 1.54) is 82.7 Å². The van der Waals surface area contributed by atoms with E-state index in [4.69, 9.17) is 0 Å². The van der Waals surface area contributed by atoms with Crippen LogP contribution >= 0.6 is 0 Å². The molecule has 1 heteroatoms. The second-order valence-electron chi connectivity index (χ2n) is 16.1. The van der Waals surface area contributed by atoms with Gasteiger partial charge in [0.25, 0.3) is 0 Å². The molecule has 0 amide bonds. The van der Waals surface area contributed by atoms with Crippen LogP contribution in [-0.4, -0.2) is 0 Å². The second-order valence-corrected chi connectivity index (χ2v) is 16.1. The highest BCUT2D eigenvalue weighted by atomic mass is 15.1. The number of rotatable bonds is 9. The summed E-state index contributed by atoms with van der Waals surface area (Å²) in [5, 5.41) is 4.98. The second kappa shape index (κ2) is 16.7. The van der Waals surface area contributed by atoms with E-state index in [2.05, 4.69) is 266 Å². The van der Waals surface area contributed by atoms with Crippen molar-refractivity contribution in [3.63, 3.8) is 0 Å². The number of para-hydroxylation sites is 1. The largest absolute Gasteiger partial charge is 0.310 e. The molecule has 0 radical (unpaired) electrons. The van der Waals surface area contributed by atoms with Crippen molar-refractivity contribution in [1.82, 2.24) is 0 Å². The van der Waals surface area contributed by atoms with Crippen molar-refractivity contribution in [2.45, 2.75) is 0 Å². The van der Waals surface area contributed by atoms with Crippen LogP contribution in [0.1, 0.15) is 0 Å². The Morgan fingerprint density at radius 2 is 0.619 bits per heavy atom. The number of nitrogens with zero attached hydrogens (tertiary/aromatic N) is 1. The van der Waals surface area contributed by atoms with Gasteiger partial charge in [-0.3, -0.25) is 0 Å². The van der Waals surface area contributed by atoms with Crippen LogP contribution < -0.4 is 4.90 Å². The average Bonchev–Trinajstić information content (AvgIpc) is 3.37. The molecule has 0 aliphatic carbocycles. The number of fused-ring (bicyclic) bond motifs is 2. The minimum atomic E-state index is 1.08. The van der Waals surface area contributed by atoms with Crippen LogP contribution in [0, 0.1) is 0 Å². The van der Waals surface area contributed by atoms with Gasteiger partial charge in [-0.05, 0) is 119 Å². The Labute approximate surface area is 369 Å². The molecule has 11 rings (SSSR count). The fourth-order valence-electron chi connectivity index (χ4n) is 9.16. The minimum absolute atomic E-state index is 1.08. The first-order valence-electron chi connectivity index (χ1n) is 21.7. The smallest absolute Gasteiger partial charge is 0.0540 e. The maximum Gasteiger partial charge on any atom is 0.0540 e. The molecule has 0 spiro atoms. The zero-order chi connectivity index (χ0) is 42.0. The quantitative estimate of drug-likeness (QED) is 0.141. The first-order valence-corrected chi connectivity index (χ1v) is 21.7. The van der Waals surface area contributed by atoms with Crippen LogP contribution in [0.25, 0.3) is 88.3 Å². The van der Waals surface area contributed by atoms with Crippen LogP contribution in [0.4, 0.5) is 17.1 Å². The zero-order valence-electron chi connectivity index (χ0n) is 34.8. The van der Waals surface area contributed by atoms with E-state index in [9.17, 15) is 0 Å². The van der Waals surface area contributed by atoms with Crippen LogP contribution in [0.3, 0.4) is 0 Å². The Kier molecular flexibility index (Phi) is 9.97. The van der Waals surface area contributed by atoms with Crippen LogP contribution in [0.15, 0.2) is 261 Å². The molecule has 0 fully saturated rings. The Bertz CT molecular complexity index is 3360. The average molecular weight is 802 g/mol. The Hall–Kier alpha value is -8.26. The molecule has 0 aliphatic heterocycles. The summed E-state index contributed by atoms with van der Waals surface area (Å²) in [6.07, 6.45) is 0. The summed E-state index contributed by atoms with van der Waals surface area (Å²) in [6, 6.07) is 94.7. The molecule has 11 aromatic carbocycles. The number of benzene rings is 11. The molecule has 11 aromatic rings. The number of anilines is 3. The predicted molar refractivity (Wildman–Crippen MR) is 269 cm³/mol. The first kappa shape index (κ1) is 37.7. The van der Waals surface area contributed by atoms with Gasteiger partial charge in [-0.25, -0.2) is 0 Å². The van der Waals surface area contributed by atoms with Crippen molar-refractivity contribution < 1.29 is 0 Å². The fraction of sp³-hybridized carbons (Fsp3) is 0. The summed E-state index contributed by atoms with van der Waals surface area (Å²) in [5.41, 5.74) is 17.6. The fourth-order valence-corrected chi connectivity index (χ4v) is 9.16. The lowest BCUT2D eigenvalue weighted by Gasteiger charge is -2.29. The highest BCUT2D eigenvalue weighted by Crippen LogP contribution is 2.46. The van der Waals surface area contributed by atoms with E-state index in [1.807, 2.05) is 0 Å². The summed E-state index contributed by atoms with van der Waals surface area (Å²) >= 11 is 0. The third-order valence-corrected chi connectivity index (χ3v) is 12.3. The van der Waals surface area contributed by atoms with E-state index < -0.39 is 0 Å². The minimum Gasteiger partial charge on any atom is -0.310 e. The monoisotopic (exact) mass is 801 g/mol. The maximum atomic E-state index is 2.41. The molecule has 0 heterocycles. The molecule has 0 unspecified atom stereocenters. The van der Waals surface area contributed by atoms with Gasteiger partial charge in [-0.2, -0.15) is 0 Å². The molecule has 1 nitrogen and oxygen atoms in total. The van der Waals surface area contributed by atoms with E-state index in [0.29, 0.717) is 0 Å². The lowest BCUT2D eigenvalue weighted by molar-refractivity contribution is 1.28. The van der Waals surface area contributed by atoms with Gasteiger partial charge in [-0.15, -0.1) is 0 Å². The highest BCUT2D eigenvalue weighted by molar-refractivity contribution is 5.99. The Morgan fingerprint density at radius 3 is 1.33 bits per heavy atom.